The van der Waals surface area contributed by atoms with Crippen LogP contribution in [0.25, 0.3) is 33.4 Å². The molecule has 0 amide bonds. The highest BCUT2D eigenvalue weighted by Crippen LogP contribution is 2.43. The molecule has 2 aliphatic rings. The number of anilines is 1. The van der Waals surface area contributed by atoms with E-state index in [9.17, 15) is 14.7 Å². The largest absolute Gasteiger partial charge is 0.478 e. The van der Waals surface area contributed by atoms with Gasteiger partial charge in [-0.3, -0.25) is 9.79 Å². The lowest BCUT2D eigenvalue weighted by Crippen LogP contribution is -2.11. The predicted octanol–water partition coefficient (Wildman–Crippen LogP) is 6.71. The number of nitrogens with zero attached hydrogens (tertiary/aromatic N) is 1. The lowest BCUT2D eigenvalue weighted by molar-refractivity contribution is 0.0697. The van der Waals surface area contributed by atoms with Crippen molar-refractivity contribution < 1.29 is 19.1 Å². The summed E-state index contributed by atoms with van der Waals surface area (Å²) in [6, 6.07) is 12.7. The molecule has 0 atom stereocenters. The molecule has 2 N–H and O–H groups in total. The highest BCUT2D eigenvalue weighted by molar-refractivity contribution is 6.10. The van der Waals surface area contributed by atoms with Crippen molar-refractivity contribution in [2.24, 2.45) is 10.9 Å². The topological polar surface area (TPSA) is 91.9 Å². The summed E-state index contributed by atoms with van der Waals surface area (Å²) in [5.41, 5.74) is 6.19. The van der Waals surface area contributed by atoms with E-state index >= 15 is 0 Å². The van der Waals surface area contributed by atoms with Gasteiger partial charge in [0.05, 0.1) is 10.9 Å². The van der Waals surface area contributed by atoms with Crippen LogP contribution in [-0.2, 0) is 0 Å². The van der Waals surface area contributed by atoms with Gasteiger partial charge in [-0.15, -0.1) is 0 Å². The van der Waals surface area contributed by atoms with Crippen LogP contribution in [0.4, 0.5) is 5.69 Å². The summed E-state index contributed by atoms with van der Waals surface area (Å²) in [5, 5.41) is 15.1. The third-order valence-corrected chi connectivity index (χ3v) is 6.41. The number of carbonyl (C=O) groups is 2. The molecule has 6 heteroatoms. The molecule has 1 heterocycles. The van der Waals surface area contributed by atoms with Gasteiger partial charge in [-0.05, 0) is 68.7 Å². The first-order valence-corrected chi connectivity index (χ1v) is 12.3. The average Bonchev–Trinajstić information content (AvgIpc) is 2.83. The van der Waals surface area contributed by atoms with Gasteiger partial charge >= 0.3 is 5.97 Å². The molecule has 2 aromatic carbocycles. The van der Waals surface area contributed by atoms with E-state index in [1.165, 1.54) is 6.07 Å². The number of ketones is 1. The van der Waals surface area contributed by atoms with Crippen LogP contribution in [0.3, 0.4) is 0 Å². The number of carboxylic acids is 1. The Kier molecular flexibility index (Phi) is 6.97. The van der Waals surface area contributed by atoms with Crippen LogP contribution in [0.15, 0.2) is 51.9 Å². The molecular formula is C30H32N2O4. The van der Waals surface area contributed by atoms with Crippen LogP contribution in [0.1, 0.15) is 59.5 Å². The lowest BCUT2D eigenvalue weighted by atomic mass is 9.87. The van der Waals surface area contributed by atoms with Gasteiger partial charge in [0.1, 0.15) is 11.3 Å². The minimum Gasteiger partial charge on any atom is -0.478 e. The monoisotopic (exact) mass is 484 g/mol. The quantitative estimate of drug-likeness (QED) is 0.225. The Morgan fingerprint density at radius 1 is 1.00 bits per heavy atom. The maximum atomic E-state index is 12.9. The van der Waals surface area contributed by atoms with Crippen molar-refractivity contribution in [1.82, 2.24) is 0 Å². The fraction of sp³-hybridized carbons (Fsp3) is 0.300. The molecule has 36 heavy (non-hydrogen) atoms. The van der Waals surface area contributed by atoms with Gasteiger partial charge in [-0.25, -0.2) is 4.79 Å². The molecule has 186 valence electrons. The van der Waals surface area contributed by atoms with Crippen LogP contribution in [0.2, 0.25) is 0 Å². The van der Waals surface area contributed by atoms with Gasteiger partial charge in [-0.2, -0.15) is 0 Å². The number of nitrogens with one attached hydrogen (secondary N) is 1. The first-order chi connectivity index (χ1) is 17.2. The van der Waals surface area contributed by atoms with E-state index < -0.39 is 5.97 Å². The number of carboxylic acid groups (broad SMARTS) is 1. The Bertz CT molecular complexity index is 1530. The highest BCUT2D eigenvalue weighted by atomic mass is 16.4. The van der Waals surface area contributed by atoms with Gasteiger partial charge in [0, 0.05) is 58.9 Å². The van der Waals surface area contributed by atoms with Crippen LogP contribution < -0.4 is 10.7 Å². The molecule has 0 fully saturated rings. The number of rotatable bonds is 7. The molecule has 1 aliphatic carbocycles. The second-order valence-corrected chi connectivity index (χ2v) is 9.36. The fourth-order valence-corrected chi connectivity index (χ4v) is 4.62. The van der Waals surface area contributed by atoms with E-state index in [1.807, 2.05) is 65.8 Å². The first-order valence-electron chi connectivity index (χ1n) is 12.3. The van der Waals surface area contributed by atoms with Crippen molar-refractivity contribution in [2.75, 3.05) is 18.4 Å². The van der Waals surface area contributed by atoms with Crippen molar-refractivity contribution in [3.8, 4) is 22.5 Å². The molecule has 2 aromatic rings. The molecule has 0 spiro atoms. The smallest absolute Gasteiger partial charge is 0.336 e. The molecule has 0 radical (unpaired) electrons. The van der Waals surface area contributed by atoms with Crippen molar-refractivity contribution in [3.63, 3.8) is 0 Å². The van der Waals surface area contributed by atoms with Gasteiger partial charge in [0.2, 0.25) is 0 Å². The van der Waals surface area contributed by atoms with E-state index in [0.717, 1.165) is 45.2 Å². The number of benzene rings is 3. The molecule has 0 saturated carbocycles. The van der Waals surface area contributed by atoms with E-state index in [1.54, 1.807) is 12.1 Å². The number of aryl methyl sites for hydroxylation is 2. The summed E-state index contributed by atoms with van der Waals surface area (Å²) in [5.74, 6) is -0.684. The number of aromatic carboxylic acids is 1. The molecule has 1 aliphatic heterocycles. The Morgan fingerprint density at radius 3 is 2.39 bits per heavy atom. The second kappa shape index (κ2) is 9.97. The Morgan fingerprint density at radius 2 is 1.75 bits per heavy atom. The maximum Gasteiger partial charge on any atom is 0.336 e. The Hall–Kier alpha value is -3.93. The number of hydrogen-bond donors (Lipinski definition) is 2. The molecule has 4 rings (SSSR count). The highest BCUT2D eigenvalue weighted by Gasteiger charge is 2.24. The van der Waals surface area contributed by atoms with Gasteiger partial charge in [-0.1, -0.05) is 19.9 Å². The molecule has 0 unspecified atom stereocenters. The van der Waals surface area contributed by atoms with E-state index in [-0.39, 0.29) is 17.3 Å². The lowest BCUT2D eigenvalue weighted by Gasteiger charge is -2.20. The number of fused-ring (bicyclic) bond motifs is 2. The molecule has 6 nitrogen and oxygen atoms in total. The summed E-state index contributed by atoms with van der Waals surface area (Å²) in [6.07, 6.45) is 0. The molecule has 0 aromatic heterocycles. The molecular weight excluding hydrogens is 452 g/mol. The predicted molar refractivity (Wildman–Crippen MR) is 144 cm³/mol. The van der Waals surface area contributed by atoms with Crippen molar-refractivity contribution in [3.05, 3.63) is 70.1 Å². The van der Waals surface area contributed by atoms with Crippen LogP contribution >= 0.6 is 0 Å². The van der Waals surface area contributed by atoms with E-state index in [0.29, 0.717) is 29.0 Å². The zero-order valence-corrected chi connectivity index (χ0v) is 21.7. The number of hydrogen-bond acceptors (Lipinski definition) is 5. The fourth-order valence-electron chi connectivity index (χ4n) is 4.62. The van der Waals surface area contributed by atoms with Crippen molar-refractivity contribution in [1.29, 1.82) is 0 Å². The van der Waals surface area contributed by atoms with Crippen LogP contribution in [-0.4, -0.2) is 29.9 Å². The van der Waals surface area contributed by atoms with Gasteiger partial charge < -0.3 is 14.8 Å². The average molecular weight is 485 g/mol. The van der Waals surface area contributed by atoms with Crippen LogP contribution in [0.5, 0.6) is 0 Å². The second-order valence-electron chi connectivity index (χ2n) is 9.36. The zero-order chi connectivity index (χ0) is 26.1. The summed E-state index contributed by atoms with van der Waals surface area (Å²) >= 11 is 0. The number of carbonyl (C=O) groups excluding carboxylic acids is 1. The Labute approximate surface area is 211 Å². The normalized spacial score (nSPS) is 12.0. The summed E-state index contributed by atoms with van der Waals surface area (Å²) < 4.78 is 6.39. The summed E-state index contributed by atoms with van der Waals surface area (Å²) in [6.45, 7) is 13.1. The van der Waals surface area contributed by atoms with Crippen molar-refractivity contribution >= 4 is 28.4 Å². The molecule has 0 bridgehead atoms. The van der Waals surface area contributed by atoms with Crippen LogP contribution in [0, 0.1) is 19.8 Å². The van der Waals surface area contributed by atoms with E-state index in [2.05, 4.69) is 10.3 Å². The van der Waals surface area contributed by atoms with Gasteiger partial charge in [0.25, 0.3) is 0 Å². The van der Waals surface area contributed by atoms with Crippen molar-refractivity contribution in [2.45, 2.75) is 41.5 Å². The van der Waals surface area contributed by atoms with E-state index in [4.69, 9.17) is 4.42 Å². The zero-order valence-electron chi connectivity index (χ0n) is 21.7. The molecule has 0 saturated heterocycles. The third-order valence-electron chi connectivity index (χ3n) is 6.41. The SMILES string of the molecule is CCN=c1cc2oc3cc(NCC)c(C)cc3c(-c3cc(C(=O)C(C)C)ccc3C(=O)O)c-2cc1C. The summed E-state index contributed by atoms with van der Waals surface area (Å²) in [4.78, 5) is 29.8. The maximum absolute atomic E-state index is 12.9. The van der Waals surface area contributed by atoms with Gasteiger partial charge in [0.15, 0.2) is 5.78 Å². The number of Topliss-reactive ketones (excluding diaryl/α,β-unsaturated/α-hetero) is 1. The standard InChI is InChI=1S/C30H32N2O4/c1-7-31-24-14-26-22(11-17(24)5)28(23-12-18(6)25(32-8-2)15-27(23)36-26)21-13-19(29(33)16(3)4)9-10-20(21)30(34)35/h9-16,31H,7-8H2,1-6H3,(H,34,35). The minimum atomic E-state index is -1.05. The first kappa shape index (κ1) is 25.2. The third kappa shape index (κ3) is 4.51. The Balaban J connectivity index is 2.21. The minimum absolute atomic E-state index is 0.0340. The summed E-state index contributed by atoms with van der Waals surface area (Å²) in [7, 11) is 0.